The SMILES string of the molecule is O=C(NC1CCOCC1)N[C@](Cc1ccccc1)(c1cc(F)cc(C(F)(F)F)c1)c1ccc(Cl)cn1. The predicted octanol–water partition coefficient (Wildman–Crippen LogP) is 5.86. The summed E-state index contributed by atoms with van der Waals surface area (Å²) in [6, 6.07) is 13.4. The third kappa shape index (κ3) is 6.14. The van der Waals surface area contributed by atoms with Crippen molar-refractivity contribution >= 4 is 17.6 Å². The van der Waals surface area contributed by atoms with Crippen molar-refractivity contribution < 1.29 is 27.1 Å². The largest absolute Gasteiger partial charge is 0.416 e. The van der Waals surface area contributed by atoms with Crippen molar-refractivity contribution in [3.05, 3.63) is 100 Å². The fraction of sp³-hybridized carbons (Fsp3) is 0.308. The second kappa shape index (κ2) is 10.8. The Morgan fingerprint density at radius 3 is 2.36 bits per heavy atom. The van der Waals surface area contributed by atoms with Crippen LogP contribution in [0.3, 0.4) is 0 Å². The molecule has 2 amide bonds. The standard InChI is InChI=1S/C26H24ClF4N3O2/c27-20-6-7-23(32-16-20)25(15-17-4-2-1-3-5-17,34-24(35)33-22-8-10-36-11-9-22)18-12-19(26(29,30)31)14-21(28)13-18/h1-7,12-14,16,22H,8-11,15H2,(H2,33,34,35)/t25-/m1/s1. The Bertz CT molecular complexity index is 1190. The molecule has 2 aromatic carbocycles. The van der Waals surface area contributed by atoms with E-state index >= 15 is 0 Å². The molecule has 0 bridgehead atoms. The van der Waals surface area contributed by atoms with Crippen LogP contribution in [0.4, 0.5) is 22.4 Å². The Labute approximate surface area is 210 Å². The van der Waals surface area contributed by atoms with E-state index in [-0.39, 0.29) is 23.7 Å². The first-order valence-electron chi connectivity index (χ1n) is 11.4. The minimum absolute atomic E-state index is 0.00439. The molecule has 4 rings (SSSR count). The van der Waals surface area contributed by atoms with E-state index < -0.39 is 29.1 Å². The summed E-state index contributed by atoms with van der Waals surface area (Å²) < 4.78 is 61.0. The fourth-order valence-corrected chi connectivity index (χ4v) is 4.42. The summed E-state index contributed by atoms with van der Waals surface area (Å²) >= 11 is 6.03. The van der Waals surface area contributed by atoms with Crippen molar-refractivity contribution in [2.45, 2.75) is 37.0 Å². The highest BCUT2D eigenvalue weighted by atomic mass is 35.5. The van der Waals surface area contributed by atoms with Crippen molar-refractivity contribution in [1.29, 1.82) is 0 Å². The summed E-state index contributed by atoms with van der Waals surface area (Å²) in [5, 5.41) is 6.02. The molecular weight excluding hydrogens is 498 g/mol. The number of pyridine rings is 1. The van der Waals surface area contributed by atoms with Gasteiger partial charge >= 0.3 is 12.2 Å². The molecule has 5 nitrogen and oxygen atoms in total. The molecule has 1 aliphatic rings. The van der Waals surface area contributed by atoms with E-state index in [1.165, 1.54) is 18.3 Å². The number of hydrogen-bond acceptors (Lipinski definition) is 3. The number of carbonyl (C=O) groups excluding carboxylic acids is 1. The van der Waals surface area contributed by atoms with Gasteiger partial charge in [-0.2, -0.15) is 13.2 Å². The van der Waals surface area contributed by atoms with Gasteiger partial charge in [-0.05, 0) is 54.3 Å². The highest BCUT2D eigenvalue weighted by Crippen LogP contribution is 2.38. The monoisotopic (exact) mass is 521 g/mol. The topological polar surface area (TPSA) is 63.2 Å². The van der Waals surface area contributed by atoms with Gasteiger partial charge in [0.05, 0.1) is 16.3 Å². The van der Waals surface area contributed by atoms with Gasteiger partial charge in [0.2, 0.25) is 0 Å². The van der Waals surface area contributed by atoms with Gasteiger partial charge in [-0.3, -0.25) is 4.98 Å². The van der Waals surface area contributed by atoms with E-state index in [9.17, 15) is 22.4 Å². The number of hydrogen-bond donors (Lipinski definition) is 2. The lowest BCUT2D eigenvalue weighted by Crippen LogP contribution is -2.55. The van der Waals surface area contributed by atoms with Gasteiger partial charge in [0, 0.05) is 31.9 Å². The molecule has 2 N–H and O–H groups in total. The number of urea groups is 1. The Kier molecular flexibility index (Phi) is 7.80. The minimum atomic E-state index is -4.80. The zero-order valence-electron chi connectivity index (χ0n) is 19.1. The molecule has 1 saturated heterocycles. The summed E-state index contributed by atoms with van der Waals surface area (Å²) in [4.78, 5) is 17.6. The van der Waals surface area contributed by atoms with E-state index in [2.05, 4.69) is 15.6 Å². The van der Waals surface area contributed by atoms with Crippen LogP contribution < -0.4 is 10.6 Å². The Hall–Kier alpha value is -3.17. The molecule has 2 heterocycles. The van der Waals surface area contributed by atoms with Crippen LogP contribution in [0, 0.1) is 5.82 Å². The number of nitrogens with one attached hydrogen (secondary N) is 2. The van der Waals surface area contributed by atoms with Crippen LogP contribution in [0.5, 0.6) is 0 Å². The molecule has 0 aliphatic carbocycles. The van der Waals surface area contributed by atoms with Crippen LogP contribution in [0.2, 0.25) is 5.02 Å². The van der Waals surface area contributed by atoms with E-state index in [1.54, 1.807) is 30.3 Å². The highest BCUT2D eigenvalue weighted by Gasteiger charge is 2.41. The summed E-state index contributed by atoms with van der Waals surface area (Å²) in [6.07, 6.45) is -2.27. The lowest BCUT2D eigenvalue weighted by Gasteiger charge is -2.36. The maximum atomic E-state index is 14.6. The van der Waals surface area contributed by atoms with E-state index in [4.69, 9.17) is 16.3 Å². The van der Waals surface area contributed by atoms with Gasteiger partial charge in [0.1, 0.15) is 11.4 Å². The van der Waals surface area contributed by atoms with Crippen molar-refractivity contribution in [1.82, 2.24) is 15.6 Å². The van der Waals surface area contributed by atoms with Gasteiger partial charge in [-0.25, -0.2) is 9.18 Å². The maximum absolute atomic E-state index is 14.6. The first-order chi connectivity index (χ1) is 17.2. The zero-order chi connectivity index (χ0) is 25.8. The first kappa shape index (κ1) is 25.9. The van der Waals surface area contributed by atoms with Crippen molar-refractivity contribution in [2.75, 3.05) is 13.2 Å². The number of carbonyl (C=O) groups is 1. The molecule has 36 heavy (non-hydrogen) atoms. The molecule has 1 fully saturated rings. The number of alkyl halides is 3. The number of amides is 2. The van der Waals surface area contributed by atoms with Crippen molar-refractivity contribution in [3.8, 4) is 0 Å². The second-order valence-corrected chi connectivity index (χ2v) is 9.08. The molecular formula is C26H24ClF4N3O2. The van der Waals surface area contributed by atoms with E-state index in [0.29, 0.717) is 42.7 Å². The predicted molar refractivity (Wildman–Crippen MR) is 127 cm³/mol. The number of halogens is 5. The quantitative estimate of drug-likeness (QED) is 0.400. The van der Waals surface area contributed by atoms with Crippen LogP contribution in [0.15, 0.2) is 66.9 Å². The van der Waals surface area contributed by atoms with Crippen LogP contribution in [0.1, 0.15) is 35.2 Å². The third-order valence-corrected chi connectivity index (χ3v) is 6.30. The number of aromatic nitrogens is 1. The molecule has 0 radical (unpaired) electrons. The van der Waals surface area contributed by atoms with Gasteiger partial charge in [0.15, 0.2) is 0 Å². The van der Waals surface area contributed by atoms with Gasteiger partial charge in [-0.15, -0.1) is 0 Å². The molecule has 3 aromatic rings. The van der Waals surface area contributed by atoms with Gasteiger partial charge in [-0.1, -0.05) is 41.9 Å². The third-order valence-electron chi connectivity index (χ3n) is 6.08. The molecule has 1 aliphatic heterocycles. The molecule has 1 aromatic heterocycles. The average molecular weight is 522 g/mol. The average Bonchev–Trinajstić information content (AvgIpc) is 2.84. The summed E-state index contributed by atoms with van der Waals surface area (Å²) in [6.45, 7) is 0.968. The van der Waals surface area contributed by atoms with E-state index in [1.807, 2.05) is 0 Å². The lowest BCUT2D eigenvalue weighted by atomic mass is 9.79. The number of benzene rings is 2. The van der Waals surface area contributed by atoms with Gasteiger partial charge < -0.3 is 15.4 Å². The molecule has 1 atom stereocenters. The first-order valence-corrected chi connectivity index (χ1v) is 11.7. The molecule has 0 saturated carbocycles. The van der Waals surface area contributed by atoms with Crippen molar-refractivity contribution in [3.63, 3.8) is 0 Å². The smallest absolute Gasteiger partial charge is 0.381 e. The number of rotatable bonds is 6. The molecule has 0 unspecified atom stereocenters. The van der Waals surface area contributed by atoms with Crippen LogP contribution in [-0.4, -0.2) is 30.3 Å². The normalized spacial score (nSPS) is 16.2. The summed E-state index contributed by atoms with van der Waals surface area (Å²) in [7, 11) is 0. The van der Waals surface area contributed by atoms with E-state index in [0.717, 1.165) is 12.1 Å². The Morgan fingerprint density at radius 1 is 1.03 bits per heavy atom. The van der Waals surface area contributed by atoms with Crippen LogP contribution in [-0.2, 0) is 22.9 Å². The highest BCUT2D eigenvalue weighted by molar-refractivity contribution is 6.30. The summed E-state index contributed by atoms with van der Waals surface area (Å²) in [5.41, 5.74) is -2.02. The molecule has 10 heteroatoms. The van der Waals surface area contributed by atoms with Crippen LogP contribution >= 0.6 is 11.6 Å². The minimum Gasteiger partial charge on any atom is -0.381 e. The molecule has 0 spiro atoms. The second-order valence-electron chi connectivity index (χ2n) is 8.64. The number of ether oxygens (including phenoxy) is 1. The summed E-state index contributed by atoms with van der Waals surface area (Å²) in [5.74, 6) is -1.09. The Balaban J connectivity index is 1.86. The van der Waals surface area contributed by atoms with Crippen molar-refractivity contribution in [2.24, 2.45) is 0 Å². The van der Waals surface area contributed by atoms with Gasteiger partial charge in [0.25, 0.3) is 0 Å². The zero-order valence-corrected chi connectivity index (χ0v) is 19.9. The maximum Gasteiger partial charge on any atom is 0.416 e. The lowest BCUT2D eigenvalue weighted by molar-refractivity contribution is -0.137. The number of nitrogens with zero attached hydrogens (tertiary/aromatic N) is 1. The fourth-order valence-electron chi connectivity index (χ4n) is 4.31. The Morgan fingerprint density at radius 2 is 1.72 bits per heavy atom. The van der Waals surface area contributed by atoms with Crippen LogP contribution in [0.25, 0.3) is 0 Å². The molecule has 190 valence electrons.